The molecule has 0 unspecified atom stereocenters. The predicted octanol–water partition coefficient (Wildman–Crippen LogP) is 2.36. The van der Waals surface area contributed by atoms with Crippen molar-refractivity contribution in [2.24, 2.45) is 5.92 Å². The van der Waals surface area contributed by atoms with Gasteiger partial charge in [-0.15, -0.1) is 0 Å². The van der Waals surface area contributed by atoms with Crippen LogP contribution in [0.1, 0.15) is 30.5 Å². The zero-order valence-electron chi connectivity index (χ0n) is 21.4. The lowest BCUT2D eigenvalue weighted by molar-refractivity contribution is -0.334. The van der Waals surface area contributed by atoms with Gasteiger partial charge in [-0.2, -0.15) is 0 Å². The average Bonchev–Trinajstić information content (AvgIpc) is 2.93. The third kappa shape index (κ3) is 5.37. The molecule has 0 bridgehead atoms. The summed E-state index contributed by atoms with van der Waals surface area (Å²) in [4.78, 5) is 12.4. The van der Waals surface area contributed by atoms with E-state index in [-0.39, 0.29) is 13.2 Å². The van der Waals surface area contributed by atoms with Crippen LogP contribution in [0.5, 0.6) is 0 Å². The quantitative estimate of drug-likeness (QED) is 0.249. The fraction of sp³-hybridized carbons (Fsp3) is 0.367. The molecule has 1 aliphatic rings. The number of ether oxygens (including phenoxy) is 3. The molecule has 38 heavy (non-hydrogen) atoms. The Labute approximate surface area is 222 Å². The minimum absolute atomic E-state index is 0.0225. The van der Waals surface area contributed by atoms with E-state index >= 15 is 0 Å². The molecule has 8 nitrogen and oxygen atoms in total. The summed E-state index contributed by atoms with van der Waals surface area (Å²) >= 11 is 0. The van der Waals surface area contributed by atoms with Crippen LogP contribution in [0.2, 0.25) is 0 Å². The first-order valence-corrected chi connectivity index (χ1v) is 12.6. The largest absolute Gasteiger partial charge is 0.466 e. The summed E-state index contributed by atoms with van der Waals surface area (Å²) < 4.78 is 17.1. The number of aliphatic hydroxyl groups excluding tert-OH is 3. The van der Waals surface area contributed by atoms with Gasteiger partial charge in [-0.25, -0.2) is 0 Å². The molecule has 0 aliphatic carbocycles. The first-order valence-electron chi connectivity index (χ1n) is 12.6. The van der Waals surface area contributed by atoms with Crippen molar-refractivity contribution in [1.29, 1.82) is 0 Å². The van der Waals surface area contributed by atoms with Gasteiger partial charge in [-0.1, -0.05) is 91.0 Å². The summed E-state index contributed by atoms with van der Waals surface area (Å²) in [5, 5.41) is 43.5. The fourth-order valence-electron chi connectivity index (χ4n) is 5.10. The van der Waals surface area contributed by atoms with Crippen LogP contribution in [0, 0.1) is 5.92 Å². The molecule has 0 spiro atoms. The van der Waals surface area contributed by atoms with Gasteiger partial charge in [0.1, 0.15) is 35.9 Å². The van der Waals surface area contributed by atoms with E-state index < -0.39 is 47.7 Å². The first kappa shape index (κ1) is 27.9. The minimum Gasteiger partial charge on any atom is -0.466 e. The van der Waals surface area contributed by atoms with Gasteiger partial charge in [0.05, 0.1) is 13.2 Å². The predicted molar refractivity (Wildman–Crippen MR) is 139 cm³/mol. The lowest BCUT2D eigenvalue weighted by Crippen LogP contribution is -2.65. The molecule has 3 aromatic rings. The van der Waals surface area contributed by atoms with E-state index in [2.05, 4.69) is 0 Å². The number of hydrogen-bond donors (Lipinski definition) is 4. The van der Waals surface area contributed by atoms with Gasteiger partial charge in [0.15, 0.2) is 5.79 Å². The van der Waals surface area contributed by atoms with Crippen LogP contribution < -0.4 is 0 Å². The van der Waals surface area contributed by atoms with Crippen molar-refractivity contribution in [1.82, 2.24) is 0 Å². The number of carbonyl (C=O) groups excluding carboxylic acids is 1. The van der Waals surface area contributed by atoms with Crippen molar-refractivity contribution in [3.8, 4) is 0 Å². The lowest BCUT2D eigenvalue weighted by atomic mass is 9.80. The van der Waals surface area contributed by atoms with Gasteiger partial charge in [0, 0.05) is 0 Å². The molecule has 1 heterocycles. The van der Waals surface area contributed by atoms with Crippen LogP contribution in [0.4, 0.5) is 0 Å². The zero-order chi connectivity index (χ0) is 27.3. The van der Waals surface area contributed by atoms with Crippen LogP contribution in [0.15, 0.2) is 91.0 Å². The molecule has 1 saturated heterocycles. The van der Waals surface area contributed by atoms with Gasteiger partial charge in [0.25, 0.3) is 0 Å². The molecule has 1 fully saturated rings. The Balaban J connectivity index is 1.68. The summed E-state index contributed by atoms with van der Waals surface area (Å²) in [5.74, 6) is -4.67. The van der Waals surface area contributed by atoms with Crippen molar-refractivity contribution in [2.45, 2.75) is 49.7 Å². The maximum absolute atomic E-state index is 12.4. The topological polar surface area (TPSA) is 126 Å². The monoisotopic (exact) mass is 522 g/mol. The van der Waals surface area contributed by atoms with Gasteiger partial charge in [-0.05, 0) is 30.5 Å². The van der Waals surface area contributed by atoms with E-state index in [4.69, 9.17) is 14.2 Å². The van der Waals surface area contributed by atoms with E-state index in [0.29, 0.717) is 0 Å². The summed E-state index contributed by atoms with van der Waals surface area (Å²) in [6.07, 6.45) is -6.36. The minimum atomic E-state index is -2.20. The summed E-state index contributed by atoms with van der Waals surface area (Å²) in [6, 6.07) is 28.6. The summed E-state index contributed by atoms with van der Waals surface area (Å²) in [7, 11) is 0. The summed E-state index contributed by atoms with van der Waals surface area (Å²) in [5.41, 5.74) is 1.29. The van der Waals surface area contributed by atoms with Gasteiger partial charge in [0.2, 0.25) is 0 Å². The molecule has 0 radical (unpaired) electrons. The van der Waals surface area contributed by atoms with Crippen LogP contribution in [-0.2, 0) is 24.6 Å². The lowest BCUT2D eigenvalue weighted by Gasteiger charge is -2.46. The first-order chi connectivity index (χ1) is 18.2. The maximum Gasteiger partial charge on any atom is 0.317 e. The number of rotatable bonds is 9. The van der Waals surface area contributed by atoms with Crippen molar-refractivity contribution >= 4 is 5.97 Å². The fourth-order valence-corrected chi connectivity index (χ4v) is 5.10. The molecule has 4 rings (SSSR count). The number of esters is 1. The number of benzene rings is 3. The smallest absolute Gasteiger partial charge is 0.317 e. The summed E-state index contributed by atoms with van der Waals surface area (Å²) in [6.45, 7) is 2.45. The molecular formula is C30H34O8. The Hall–Kier alpha value is -3.11. The Kier molecular flexibility index (Phi) is 8.62. The van der Waals surface area contributed by atoms with Crippen LogP contribution in [0.3, 0.4) is 0 Å². The molecule has 0 saturated carbocycles. The second-order valence-corrected chi connectivity index (χ2v) is 9.51. The van der Waals surface area contributed by atoms with Crippen LogP contribution in [0.25, 0.3) is 0 Å². The third-order valence-corrected chi connectivity index (χ3v) is 6.91. The Morgan fingerprint density at radius 3 is 1.76 bits per heavy atom. The molecule has 6 atom stereocenters. The molecule has 0 aromatic heterocycles. The van der Waals surface area contributed by atoms with Crippen molar-refractivity contribution in [3.63, 3.8) is 0 Å². The van der Waals surface area contributed by atoms with Crippen molar-refractivity contribution in [2.75, 3.05) is 13.2 Å². The normalized spacial score (nSPS) is 26.5. The van der Waals surface area contributed by atoms with E-state index in [1.165, 1.54) is 6.92 Å². The van der Waals surface area contributed by atoms with Crippen molar-refractivity contribution in [3.05, 3.63) is 108 Å². The molecular weight excluding hydrogens is 488 g/mol. The second-order valence-electron chi connectivity index (χ2n) is 9.51. The number of aliphatic hydroxyl groups is 4. The molecule has 4 N–H and O–H groups in total. The molecule has 8 heteroatoms. The highest BCUT2D eigenvalue weighted by molar-refractivity contribution is 5.74. The second kappa shape index (κ2) is 11.7. The van der Waals surface area contributed by atoms with E-state index in [1.54, 1.807) is 6.92 Å². The molecule has 0 amide bonds. The Bertz CT molecular complexity index is 1070. The molecule has 3 aromatic carbocycles. The highest BCUT2D eigenvalue weighted by atomic mass is 16.7. The van der Waals surface area contributed by atoms with E-state index in [9.17, 15) is 25.2 Å². The van der Waals surface area contributed by atoms with Crippen LogP contribution >= 0.6 is 0 Å². The Morgan fingerprint density at radius 2 is 1.34 bits per heavy atom. The highest BCUT2D eigenvalue weighted by Crippen LogP contribution is 2.41. The molecule has 1 aliphatic heterocycles. The van der Waals surface area contributed by atoms with Crippen LogP contribution in [-0.4, -0.2) is 69.8 Å². The number of hydrogen-bond acceptors (Lipinski definition) is 8. The third-order valence-electron chi connectivity index (χ3n) is 6.91. The van der Waals surface area contributed by atoms with Gasteiger partial charge >= 0.3 is 5.97 Å². The van der Waals surface area contributed by atoms with Crippen molar-refractivity contribution < 1.29 is 39.4 Å². The van der Waals surface area contributed by atoms with E-state index in [0.717, 1.165) is 16.7 Å². The standard InChI is InChI=1S/C30H34O8/c1-3-36-28(34)24-25(32)26(33)27(38-29(24,2)35)23(31)19-37-30(20-13-7-4-8-14-20,21-15-9-5-10-16-21)22-17-11-6-12-18-22/h4-18,23-27,31-33,35H,3,19H2,1-2H3/t23-,24+,25-,26+,27-,29+/m1/s1. The highest BCUT2D eigenvalue weighted by Gasteiger charge is 2.56. The van der Waals surface area contributed by atoms with E-state index in [1.807, 2.05) is 91.0 Å². The zero-order valence-corrected chi connectivity index (χ0v) is 21.4. The number of carbonyl (C=O) groups is 1. The van der Waals surface area contributed by atoms with Gasteiger partial charge < -0.3 is 34.6 Å². The average molecular weight is 523 g/mol. The maximum atomic E-state index is 12.4. The SMILES string of the molecule is CCOC(=O)[C@@H]1[C@@H](O)[C@H](O)[C@@H]([C@H](O)COC(c2ccccc2)(c2ccccc2)c2ccccc2)O[C@]1(C)O. The van der Waals surface area contributed by atoms with Gasteiger partial charge in [-0.3, -0.25) is 4.79 Å². The Morgan fingerprint density at radius 1 is 0.895 bits per heavy atom. The molecule has 202 valence electrons.